The first-order chi connectivity index (χ1) is 13.6. The molecule has 1 aliphatic carbocycles. The lowest BCUT2D eigenvalue weighted by Crippen LogP contribution is -2.43. The van der Waals surface area contributed by atoms with Gasteiger partial charge in [0.2, 0.25) is 0 Å². The third-order valence-electron chi connectivity index (χ3n) is 5.29. The molecule has 0 saturated carbocycles. The van der Waals surface area contributed by atoms with E-state index in [2.05, 4.69) is 6.58 Å². The van der Waals surface area contributed by atoms with Crippen LogP contribution in [0.5, 0.6) is 0 Å². The van der Waals surface area contributed by atoms with Crippen LogP contribution in [0.25, 0.3) is 0 Å². The smallest absolute Gasteiger partial charge is 0.334 e. The normalized spacial score (nSPS) is 34.1. The maximum atomic E-state index is 12.4. The molecule has 7 heteroatoms. The lowest BCUT2D eigenvalue weighted by atomic mass is 9.83. The maximum Gasteiger partial charge on any atom is 0.334 e. The second-order valence-corrected chi connectivity index (χ2v) is 7.40. The van der Waals surface area contributed by atoms with Crippen LogP contribution < -0.4 is 0 Å². The number of fused-ring (bicyclic) bond motifs is 1. The van der Waals surface area contributed by atoms with Crippen LogP contribution in [0, 0.1) is 5.92 Å². The van der Waals surface area contributed by atoms with E-state index in [-0.39, 0.29) is 5.57 Å². The molecule has 2 aliphatic rings. The summed E-state index contributed by atoms with van der Waals surface area (Å²) >= 11 is 0. The highest BCUT2D eigenvalue weighted by Gasteiger charge is 2.47. The number of carbonyl (C=O) groups is 3. The summed E-state index contributed by atoms with van der Waals surface area (Å²) in [6.07, 6.45) is 1.71. The van der Waals surface area contributed by atoms with E-state index in [1.54, 1.807) is 45.9 Å². The number of hydrogen-bond acceptors (Lipinski definition) is 7. The highest BCUT2D eigenvalue weighted by molar-refractivity contribution is 5.92. The van der Waals surface area contributed by atoms with E-state index in [0.717, 1.165) is 0 Å². The molecule has 0 bridgehead atoms. The van der Waals surface area contributed by atoms with Gasteiger partial charge in [-0.25, -0.2) is 9.59 Å². The summed E-state index contributed by atoms with van der Waals surface area (Å²) in [7, 11) is 0. The quantitative estimate of drug-likeness (QED) is 0.334. The van der Waals surface area contributed by atoms with Crippen LogP contribution in [0.1, 0.15) is 41.0 Å². The van der Waals surface area contributed by atoms with Crippen molar-refractivity contribution in [2.45, 2.75) is 65.5 Å². The molecular weight excluding hydrogens is 376 g/mol. The SMILES string of the molecule is C=C1C(=O)O[C@@H]2/C=C(/C)[C@@H](OC(C)=O)C/C=C(\C)[C@H](O)[C@@H](OC(=O)/C(C)=C\C)[C@@H]12. The van der Waals surface area contributed by atoms with Gasteiger partial charge in [-0.2, -0.15) is 0 Å². The Hall–Kier alpha value is -2.67. The minimum Gasteiger partial charge on any atom is -0.458 e. The average molecular weight is 404 g/mol. The van der Waals surface area contributed by atoms with Crippen LogP contribution in [0.15, 0.2) is 47.1 Å². The summed E-state index contributed by atoms with van der Waals surface area (Å²) < 4.78 is 16.4. The molecule has 1 N–H and O–H groups in total. The van der Waals surface area contributed by atoms with E-state index >= 15 is 0 Å². The van der Waals surface area contributed by atoms with Gasteiger partial charge in [0.25, 0.3) is 0 Å². The first-order valence-corrected chi connectivity index (χ1v) is 9.50. The summed E-state index contributed by atoms with van der Waals surface area (Å²) in [6, 6.07) is 0. The molecule has 1 saturated heterocycles. The number of aliphatic hydroxyl groups excluding tert-OH is 1. The lowest BCUT2D eigenvalue weighted by molar-refractivity contribution is -0.153. The average Bonchev–Trinajstić information content (AvgIpc) is 2.93. The van der Waals surface area contributed by atoms with Crippen LogP contribution in [0.3, 0.4) is 0 Å². The Morgan fingerprint density at radius 3 is 2.48 bits per heavy atom. The minimum absolute atomic E-state index is 0.117. The predicted molar refractivity (Wildman–Crippen MR) is 106 cm³/mol. The van der Waals surface area contributed by atoms with Crippen molar-refractivity contribution in [3.05, 3.63) is 47.1 Å². The number of ether oxygens (including phenoxy) is 3. The van der Waals surface area contributed by atoms with E-state index < -0.39 is 48.2 Å². The zero-order valence-corrected chi connectivity index (χ0v) is 17.4. The lowest BCUT2D eigenvalue weighted by Gasteiger charge is -2.32. The van der Waals surface area contributed by atoms with Gasteiger partial charge in [-0.1, -0.05) is 18.7 Å². The topological polar surface area (TPSA) is 99.1 Å². The van der Waals surface area contributed by atoms with Crippen molar-refractivity contribution in [3.63, 3.8) is 0 Å². The molecule has 0 spiro atoms. The largest absolute Gasteiger partial charge is 0.458 e. The molecular formula is C22H28O7. The molecule has 29 heavy (non-hydrogen) atoms. The standard InChI is InChI=1S/C22H28O7/c1-7-11(2)21(25)29-20-18-14(5)22(26)28-17(18)10-13(4)16(27-15(6)23)9-8-12(3)19(20)24/h7-8,10,16-20,24H,5,9H2,1-4,6H3/b11-7-,12-8+,13-10-/t16-,17+,18-,19-,20-/m0/s1. The predicted octanol–water partition coefficient (Wildman–Crippen LogP) is 2.55. The van der Waals surface area contributed by atoms with Gasteiger partial charge in [0.15, 0.2) is 0 Å². The third-order valence-corrected chi connectivity index (χ3v) is 5.29. The molecule has 5 atom stereocenters. The van der Waals surface area contributed by atoms with Crippen molar-refractivity contribution in [2.24, 2.45) is 5.92 Å². The van der Waals surface area contributed by atoms with E-state index in [1.165, 1.54) is 6.92 Å². The monoisotopic (exact) mass is 404 g/mol. The van der Waals surface area contributed by atoms with Crippen molar-refractivity contribution in [1.29, 1.82) is 0 Å². The number of rotatable bonds is 3. The van der Waals surface area contributed by atoms with Gasteiger partial charge in [0.05, 0.1) is 5.92 Å². The molecule has 0 radical (unpaired) electrons. The van der Waals surface area contributed by atoms with Gasteiger partial charge in [0, 0.05) is 24.5 Å². The van der Waals surface area contributed by atoms with Gasteiger partial charge in [-0.3, -0.25) is 4.79 Å². The fourth-order valence-corrected chi connectivity index (χ4v) is 3.36. The molecule has 0 aromatic heterocycles. The van der Waals surface area contributed by atoms with Gasteiger partial charge in [-0.05, 0) is 44.9 Å². The molecule has 1 fully saturated rings. The Balaban J connectivity index is 2.52. The zero-order chi connectivity index (χ0) is 21.9. The number of allylic oxidation sites excluding steroid dienone is 1. The van der Waals surface area contributed by atoms with Crippen LogP contribution in [-0.2, 0) is 28.6 Å². The molecule has 2 rings (SSSR count). The molecule has 0 unspecified atom stereocenters. The van der Waals surface area contributed by atoms with Gasteiger partial charge in [-0.15, -0.1) is 0 Å². The highest BCUT2D eigenvalue weighted by Crippen LogP contribution is 2.37. The minimum atomic E-state index is -1.19. The molecule has 0 amide bonds. The van der Waals surface area contributed by atoms with Crippen molar-refractivity contribution < 1.29 is 33.7 Å². The Morgan fingerprint density at radius 1 is 1.24 bits per heavy atom. The molecule has 158 valence electrons. The van der Waals surface area contributed by atoms with Crippen LogP contribution >= 0.6 is 0 Å². The van der Waals surface area contributed by atoms with E-state index in [4.69, 9.17) is 14.2 Å². The summed E-state index contributed by atoms with van der Waals surface area (Å²) in [5.74, 6) is -2.43. The Bertz CT molecular complexity index is 802. The van der Waals surface area contributed by atoms with Crippen molar-refractivity contribution in [1.82, 2.24) is 0 Å². The molecule has 1 aliphatic heterocycles. The number of esters is 3. The molecule has 1 heterocycles. The molecule has 0 aromatic rings. The van der Waals surface area contributed by atoms with E-state index in [0.29, 0.717) is 23.1 Å². The number of carbonyl (C=O) groups excluding carboxylic acids is 3. The zero-order valence-electron chi connectivity index (χ0n) is 17.4. The van der Waals surface area contributed by atoms with Crippen LogP contribution in [-0.4, -0.2) is 47.4 Å². The second-order valence-electron chi connectivity index (χ2n) is 7.40. The van der Waals surface area contributed by atoms with Crippen molar-refractivity contribution in [3.8, 4) is 0 Å². The Kier molecular flexibility index (Phi) is 7.19. The third kappa shape index (κ3) is 5.03. The summed E-state index contributed by atoms with van der Waals surface area (Å²) in [5, 5.41) is 10.9. The van der Waals surface area contributed by atoms with Crippen molar-refractivity contribution >= 4 is 17.9 Å². The van der Waals surface area contributed by atoms with E-state index in [1.807, 2.05) is 0 Å². The fraction of sp³-hybridized carbons (Fsp3) is 0.500. The first kappa shape index (κ1) is 22.6. The maximum absolute atomic E-state index is 12.4. The summed E-state index contributed by atoms with van der Waals surface area (Å²) in [4.78, 5) is 36.1. The van der Waals surface area contributed by atoms with Crippen LogP contribution in [0.4, 0.5) is 0 Å². The fourth-order valence-electron chi connectivity index (χ4n) is 3.36. The van der Waals surface area contributed by atoms with Crippen molar-refractivity contribution in [2.75, 3.05) is 0 Å². The molecule has 7 nitrogen and oxygen atoms in total. The van der Waals surface area contributed by atoms with Gasteiger partial charge in [0.1, 0.15) is 24.4 Å². The summed E-state index contributed by atoms with van der Waals surface area (Å²) in [5.41, 5.74) is 1.71. The summed E-state index contributed by atoms with van der Waals surface area (Å²) in [6.45, 7) is 11.9. The van der Waals surface area contributed by atoms with Gasteiger partial charge >= 0.3 is 17.9 Å². The van der Waals surface area contributed by atoms with Gasteiger partial charge < -0.3 is 19.3 Å². The second kappa shape index (κ2) is 9.22. The number of hydrogen-bond donors (Lipinski definition) is 1. The Labute approximate surface area is 170 Å². The van der Waals surface area contributed by atoms with E-state index in [9.17, 15) is 19.5 Å². The Morgan fingerprint density at radius 2 is 1.90 bits per heavy atom. The number of aliphatic hydroxyl groups is 1. The first-order valence-electron chi connectivity index (χ1n) is 9.50. The van der Waals surface area contributed by atoms with Crippen LogP contribution in [0.2, 0.25) is 0 Å². The molecule has 0 aromatic carbocycles. The highest BCUT2D eigenvalue weighted by atomic mass is 16.6.